The number of anilines is 2. The number of aliphatic hydroxyl groups is 1. The summed E-state index contributed by atoms with van der Waals surface area (Å²) in [6.45, 7) is 2.55. The second kappa shape index (κ2) is 5.44. The molecule has 1 atom stereocenters. The van der Waals surface area contributed by atoms with Crippen LogP contribution in [0.3, 0.4) is 0 Å². The van der Waals surface area contributed by atoms with Crippen molar-refractivity contribution >= 4 is 11.5 Å². The molecule has 0 fully saturated rings. The van der Waals surface area contributed by atoms with E-state index < -0.39 is 0 Å². The van der Waals surface area contributed by atoms with Gasteiger partial charge < -0.3 is 15.7 Å². The second-order valence-corrected chi connectivity index (χ2v) is 3.24. The summed E-state index contributed by atoms with van der Waals surface area (Å²) in [5.41, 5.74) is 1.02. The Balaban J connectivity index is 2.42. The number of hydrogen-bond acceptors (Lipinski definition) is 4. The highest BCUT2D eigenvalue weighted by molar-refractivity contribution is 5.51. The first-order chi connectivity index (χ1) is 6.72. The summed E-state index contributed by atoms with van der Waals surface area (Å²) in [5.74, 6) is 0.840. The molecular formula is C10H17N3O. The molecule has 0 aliphatic rings. The van der Waals surface area contributed by atoms with E-state index in [1.165, 1.54) is 0 Å². The molecule has 0 saturated carbocycles. The van der Waals surface area contributed by atoms with Gasteiger partial charge in [-0.15, -0.1) is 0 Å². The molecule has 0 aliphatic heterocycles. The van der Waals surface area contributed by atoms with Gasteiger partial charge in [0.1, 0.15) is 5.82 Å². The minimum Gasteiger partial charge on any atom is -0.393 e. The van der Waals surface area contributed by atoms with Crippen LogP contribution in [0.4, 0.5) is 11.5 Å². The molecule has 0 radical (unpaired) electrons. The smallest absolute Gasteiger partial charge is 0.127 e. The average Bonchev–Trinajstić information content (AvgIpc) is 2.18. The van der Waals surface area contributed by atoms with Crippen LogP contribution < -0.4 is 10.6 Å². The fourth-order valence-electron chi connectivity index (χ4n) is 1.10. The largest absolute Gasteiger partial charge is 0.393 e. The van der Waals surface area contributed by atoms with E-state index in [0.717, 1.165) is 24.5 Å². The van der Waals surface area contributed by atoms with Crippen molar-refractivity contribution in [2.24, 2.45) is 0 Å². The van der Waals surface area contributed by atoms with Crippen LogP contribution in [0.1, 0.15) is 13.3 Å². The third kappa shape index (κ3) is 3.62. The van der Waals surface area contributed by atoms with Crippen molar-refractivity contribution in [1.82, 2.24) is 4.98 Å². The lowest BCUT2D eigenvalue weighted by molar-refractivity contribution is 0.189. The summed E-state index contributed by atoms with van der Waals surface area (Å²) in [5, 5.41) is 15.2. The predicted molar refractivity (Wildman–Crippen MR) is 58.6 cm³/mol. The van der Waals surface area contributed by atoms with Gasteiger partial charge in [0.2, 0.25) is 0 Å². The molecule has 1 aromatic rings. The maximum Gasteiger partial charge on any atom is 0.127 e. The number of aromatic nitrogens is 1. The van der Waals surface area contributed by atoms with Crippen LogP contribution in [0.15, 0.2) is 18.3 Å². The first kappa shape index (κ1) is 10.8. The first-order valence-electron chi connectivity index (χ1n) is 4.78. The Morgan fingerprint density at radius 2 is 2.36 bits per heavy atom. The number of rotatable bonds is 5. The molecule has 0 aromatic carbocycles. The molecule has 14 heavy (non-hydrogen) atoms. The molecule has 0 spiro atoms. The Bertz CT molecular complexity index is 276. The molecule has 78 valence electrons. The quantitative estimate of drug-likeness (QED) is 0.663. The van der Waals surface area contributed by atoms with Crippen LogP contribution in [-0.4, -0.2) is 29.8 Å². The average molecular weight is 195 g/mol. The molecule has 1 aromatic heterocycles. The van der Waals surface area contributed by atoms with Gasteiger partial charge in [-0.05, 0) is 19.4 Å². The van der Waals surface area contributed by atoms with Crippen molar-refractivity contribution in [3.05, 3.63) is 18.3 Å². The predicted octanol–water partition coefficient (Wildman–Crippen LogP) is 1.31. The van der Waals surface area contributed by atoms with E-state index in [4.69, 9.17) is 5.11 Å². The van der Waals surface area contributed by atoms with E-state index in [0.29, 0.717) is 0 Å². The molecule has 1 heterocycles. The SMILES string of the molecule is CNc1cc(NCCC(C)O)ccn1. The van der Waals surface area contributed by atoms with Gasteiger partial charge in [-0.1, -0.05) is 0 Å². The Hall–Kier alpha value is -1.29. The van der Waals surface area contributed by atoms with E-state index in [9.17, 15) is 0 Å². The molecule has 0 bridgehead atoms. The van der Waals surface area contributed by atoms with Gasteiger partial charge in [-0.2, -0.15) is 0 Å². The highest BCUT2D eigenvalue weighted by Gasteiger charge is 1.97. The van der Waals surface area contributed by atoms with Crippen molar-refractivity contribution in [3.63, 3.8) is 0 Å². The standard InChI is InChI=1S/C10H17N3O/c1-8(14)3-5-12-9-4-6-13-10(7-9)11-2/h4,6-8,14H,3,5H2,1-2H3,(H2,11,12,13). The maximum atomic E-state index is 9.07. The zero-order chi connectivity index (χ0) is 10.4. The number of hydrogen-bond donors (Lipinski definition) is 3. The normalized spacial score (nSPS) is 12.2. The summed E-state index contributed by atoms with van der Waals surface area (Å²) in [6.07, 6.45) is 2.24. The monoisotopic (exact) mass is 195 g/mol. The van der Waals surface area contributed by atoms with Gasteiger partial charge in [-0.25, -0.2) is 4.98 Å². The van der Waals surface area contributed by atoms with Crippen LogP contribution in [0, 0.1) is 0 Å². The fourth-order valence-corrected chi connectivity index (χ4v) is 1.10. The lowest BCUT2D eigenvalue weighted by Gasteiger charge is -2.08. The minimum atomic E-state index is -0.256. The van der Waals surface area contributed by atoms with Crippen molar-refractivity contribution in [1.29, 1.82) is 0 Å². The number of pyridine rings is 1. The molecule has 0 aliphatic carbocycles. The maximum absolute atomic E-state index is 9.07. The number of nitrogens with one attached hydrogen (secondary N) is 2. The van der Waals surface area contributed by atoms with E-state index in [-0.39, 0.29) is 6.10 Å². The summed E-state index contributed by atoms with van der Waals surface area (Å²) >= 11 is 0. The molecule has 4 nitrogen and oxygen atoms in total. The highest BCUT2D eigenvalue weighted by atomic mass is 16.3. The van der Waals surface area contributed by atoms with Gasteiger partial charge in [0, 0.05) is 31.5 Å². The molecule has 1 rings (SSSR count). The number of nitrogens with zero attached hydrogens (tertiary/aromatic N) is 1. The van der Waals surface area contributed by atoms with Crippen LogP contribution in [0.5, 0.6) is 0 Å². The third-order valence-electron chi connectivity index (χ3n) is 1.91. The van der Waals surface area contributed by atoms with Gasteiger partial charge in [0.05, 0.1) is 6.10 Å². The van der Waals surface area contributed by atoms with E-state index >= 15 is 0 Å². The second-order valence-electron chi connectivity index (χ2n) is 3.24. The van der Waals surface area contributed by atoms with Crippen molar-refractivity contribution in [2.45, 2.75) is 19.4 Å². The summed E-state index contributed by atoms with van der Waals surface area (Å²) in [4.78, 5) is 4.10. The van der Waals surface area contributed by atoms with Gasteiger partial charge in [-0.3, -0.25) is 0 Å². The summed E-state index contributed by atoms with van der Waals surface area (Å²) in [6, 6.07) is 3.84. The lowest BCUT2D eigenvalue weighted by atomic mass is 10.3. The Morgan fingerprint density at radius 1 is 1.57 bits per heavy atom. The molecule has 3 N–H and O–H groups in total. The molecule has 4 heteroatoms. The number of aliphatic hydroxyl groups excluding tert-OH is 1. The highest BCUT2D eigenvalue weighted by Crippen LogP contribution is 2.10. The van der Waals surface area contributed by atoms with Crippen molar-refractivity contribution in [2.75, 3.05) is 24.2 Å². The van der Waals surface area contributed by atoms with E-state index in [1.54, 1.807) is 13.1 Å². The van der Waals surface area contributed by atoms with Crippen LogP contribution in [0.2, 0.25) is 0 Å². The van der Waals surface area contributed by atoms with Gasteiger partial charge >= 0.3 is 0 Å². The summed E-state index contributed by atoms with van der Waals surface area (Å²) < 4.78 is 0. The topological polar surface area (TPSA) is 57.2 Å². The molecular weight excluding hydrogens is 178 g/mol. The lowest BCUT2D eigenvalue weighted by Crippen LogP contribution is -2.09. The van der Waals surface area contributed by atoms with Crippen molar-refractivity contribution < 1.29 is 5.11 Å². The Kier molecular flexibility index (Phi) is 4.19. The Labute approximate surface area is 84.4 Å². The van der Waals surface area contributed by atoms with Gasteiger partial charge in [0.15, 0.2) is 0 Å². The van der Waals surface area contributed by atoms with Crippen LogP contribution >= 0.6 is 0 Å². The first-order valence-corrected chi connectivity index (χ1v) is 4.78. The molecule has 0 amide bonds. The zero-order valence-corrected chi connectivity index (χ0v) is 8.62. The van der Waals surface area contributed by atoms with E-state index in [2.05, 4.69) is 15.6 Å². The van der Waals surface area contributed by atoms with Gasteiger partial charge in [0.25, 0.3) is 0 Å². The fraction of sp³-hybridized carbons (Fsp3) is 0.500. The van der Waals surface area contributed by atoms with E-state index in [1.807, 2.05) is 19.2 Å². The van der Waals surface area contributed by atoms with Crippen LogP contribution in [-0.2, 0) is 0 Å². The molecule has 0 saturated heterocycles. The third-order valence-corrected chi connectivity index (χ3v) is 1.91. The van der Waals surface area contributed by atoms with Crippen molar-refractivity contribution in [3.8, 4) is 0 Å². The Morgan fingerprint density at radius 3 is 3.00 bits per heavy atom. The summed E-state index contributed by atoms with van der Waals surface area (Å²) in [7, 11) is 1.84. The minimum absolute atomic E-state index is 0.256. The molecule has 1 unspecified atom stereocenters. The zero-order valence-electron chi connectivity index (χ0n) is 8.62. The van der Waals surface area contributed by atoms with Crippen LogP contribution in [0.25, 0.3) is 0 Å².